The average Bonchev–Trinajstić information content (AvgIpc) is 2.15. The predicted octanol–water partition coefficient (Wildman–Crippen LogP) is 1.81. The molecule has 0 aromatic heterocycles. The SMILES string of the molecule is C=C(C(=O)O)c1c(C)cc(O)cc1OC. The summed E-state index contributed by atoms with van der Waals surface area (Å²) < 4.78 is 4.99. The summed E-state index contributed by atoms with van der Waals surface area (Å²) in [5.41, 5.74) is 0.964. The van der Waals surface area contributed by atoms with Crippen molar-refractivity contribution in [2.45, 2.75) is 6.92 Å². The molecule has 1 rings (SSSR count). The highest BCUT2D eigenvalue weighted by molar-refractivity contribution is 6.15. The van der Waals surface area contributed by atoms with Gasteiger partial charge in [0.1, 0.15) is 11.5 Å². The molecule has 0 bridgehead atoms. The number of phenols is 1. The molecule has 0 saturated carbocycles. The lowest BCUT2D eigenvalue weighted by atomic mass is 10.0. The molecular formula is C11H12O4. The maximum atomic E-state index is 10.8. The molecule has 0 aliphatic heterocycles. The molecule has 1 aromatic rings. The quantitative estimate of drug-likeness (QED) is 0.743. The van der Waals surface area contributed by atoms with Gasteiger partial charge in [-0.05, 0) is 18.6 Å². The van der Waals surface area contributed by atoms with E-state index in [-0.39, 0.29) is 11.3 Å². The fourth-order valence-corrected chi connectivity index (χ4v) is 1.39. The van der Waals surface area contributed by atoms with Crippen LogP contribution in [0.3, 0.4) is 0 Å². The van der Waals surface area contributed by atoms with Crippen LogP contribution in [-0.2, 0) is 4.79 Å². The normalized spacial score (nSPS) is 9.73. The molecule has 0 atom stereocenters. The third-order valence-corrected chi connectivity index (χ3v) is 2.06. The molecule has 4 nitrogen and oxygen atoms in total. The minimum Gasteiger partial charge on any atom is -0.508 e. The van der Waals surface area contributed by atoms with Crippen LogP contribution in [0, 0.1) is 6.92 Å². The van der Waals surface area contributed by atoms with Gasteiger partial charge in [0, 0.05) is 11.6 Å². The Bertz CT molecular complexity index is 421. The zero-order valence-electron chi connectivity index (χ0n) is 8.57. The van der Waals surface area contributed by atoms with E-state index in [1.54, 1.807) is 6.92 Å². The average molecular weight is 208 g/mol. The summed E-state index contributed by atoms with van der Waals surface area (Å²) in [7, 11) is 1.41. The molecule has 1 aromatic carbocycles. The molecule has 4 heteroatoms. The largest absolute Gasteiger partial charge is 0.508 e. The number of aryl methyl sites for hydroxylation is 1. The second-order valence-electron chi connectivity index (χ2n) is 3.12. The summed E-state index contributed by atoms with van der Waals surface area (Å²) >= 11 is 0. The molecule has 2 N–H and O–H groups in total. The van der Waals surface area contributed by atoms with E-state index in [0.29, 0.717) is 16.9 Å². The molecule has 0 unspecified atom stereocenters. The van der Waals surface area contributed by atoms with Crippen molar-refractivity contribution in [3.8, 4) is 11.5 Å². The van der Waals surface area contributed by atoms with Crippen molar-refractivity contribution in [1.82, 2.24) is 0 Å². The molecule has 0 heterocycles. The lowest BCUT2D eigenvalue weighted by Gasteiger charge is -2.11. The summed E-state index contributed by atoms with van der Waals surface area (Å²) in [6, 6.07) is 2.82. The van der Waals surface area contributed by atoms with Crippen molar-refractivity contribution in [2.24, 2.45) is 0 Å². The third-order valence-electron chi connectivity index (χ3n) is 2.06. The van der Waals surface area contributed by atoms with Gasteiger partial charge in [0.25, 0.3) is 0 Å². The second kappa shape index (κ2) is 4.04. The van der Waals surface area contributed by atoms with Gasteiger partial charge in [-0.25, -0.2) is 4.79 Å². The van der Waals surface area contributed by atoms with Crippen LogP contribution in [0.15, 0.2) is 18.7 Å². The van der Waals surface area contributed by atoms with Crippen molar-refractivity contribution in [3.05, 3.63) is 29.8 Å². The number of carbonyl (C=O) groups is 1. The molecule has 0 aliphatic carbocycles. The standard InChI is InChI=1S/C11H12O4/c1-6-4-8(12)5-9(15-3)10(6)7(2)11(13)14/h4-5,12H,2H2,1,3H3,(H,13,14). The molecule has 80 valence electrons. The number of rotatable bonds is 3. The van der Waals surface area contributed by atoms with E-state index in [1.807, 2.05) is 0 Å². The van der Waals surface area contributed by atoms with E-state index >= 15 is 0 Å². The fourth-order valence-electron chi connectivity index (χ4n) is 1.39. The van der Waals surface area contributed by atoms with Crippen molar-refractivity contribution in [3.63, 3.8) is 0 Å². The predicted molar refractivity (Wildman–Crippen MR) is 56.1 cm³/mol. The van der Waals surface area contributed by atoms with E-state index < -0.39 is 5.97 Å². The monoisotopic (exact) mass is 208 g/mol. The highest BCUT2D eigenvalue weighted by atomic mass is 16.5. The van der Waals surface area contributed by atoms with Gasteiger partial charge < -0.3 is 14.9 Å². The highest BCUT2D eigenvalue weighted by Gasteiger charge is 2.16. The molecule has 0 radical (unpaired) electrons. The lowest BCUT2D eigenvalue weighted by molar-refractivity contribution is -0.130. The topological polar surface area (TPSA) is 66.8 Å². The fraction of sp³-hybridized carbons (Fsp3) is 0.182. The van der Waals surface area contributed by atoms with E-state index in [4.69, 9.17) is 9.84 Å². The van der Waals surface area contributed by atoms with Gasteiger partial charge in [-0.3, -0.25) is 0 Å². The summed E-state index contributed by atoms with van der Waals surface area (Å²) in [5, 5.41) is 18.1. The van der Waals surface area contributed by atoms with Gasteiger partial charge >= 0.3 is 5.97 Å². The van der Waals surface area contributed by atoms with E-state index in [2.05, 4.69) is 6.58 Å². The molecule has 0 saturated heterocycles. The highest BCUT2D eigenvalue weighted by Crippen LogP contribution is 2.32. The smallest absolute Gasteiger partial charge is 0.335 e. The van der Waals surface area contributed by atoms with Crippen LogP contribution in [0.4, 0.5) is 0 Å². The Labute approximate surface area is 87.4 Å². The van der Waals surface area contributed by atoms with Crippen LogP contribution in [0.25, 0.3) is 5.57 Å². The Morgan fingerprint density at radius 3 is 2.53 bits per heavy atom. The Morgan fingerprint density at radius 1 is 1.47 bits per heavy atom. The molecule has 0 amide bonds. The molecule has 0 spiro atoms. The van der Waals surface area contributed by atoms with Crippen molar-refractivity contribution < 1.29 is 19.7 Å². The summed E-state index contributed by atoms with van der Waals surface area (Å²) in [6.07, 6.45) is 0. The van der Waals surface area contributed by atoms with Gasteiger partial charge in [-0.2, -0.15) is 0 Å². The number of hydrogen-bond acceptors (Lipinski definition) is 3. The van der Waals surface area contributed by atoms with Crippen LogP contribution in [0.1, 0.15) is 11.1 Å². The number of hydrogen-bond donors (Lipinski definition) is 2. The maximum Gasteiger partial charge on any atom is 0.335 e. The lowest BCUT2D eigenvalue weighted by Crippen LogP contribution is -2.02. The molecule has 15 heavy (non-hydrogen) atoms. The first-order chi connectivity index (χ1) is 6.97. The number of phenolic OH excluding ortho intramolecular Hbond substituents is 1. The minimum absolute atomic E-state index is 0.0336. The van der Waals surface area contributed by atoms with Gasteiger partial charge in [0.2, 0.25) is 0 Å². The van der Waals surface area contributed by atoms with Crippen molar-refractivity contribution in [1.29, 1.82) is 0 Å². The Morgan fingerprint density at radius 2 is 2.07 bits per heavy atom. The third kappa shape index (κ3) is 2.10. The van der Waals surface area contributed by atoms with E-state index in [0.717, 1.165) is 0 Å². The Balaban J connectivity index is 3.39. The van der Waals surface area contributed by atoms with Gasteiger partial charge in [0.15, 0.2) is 0 Å². The van der Waals surface area contributed by atoms with Crippen molar-refractivity contribution in [2.75, 3.05) is 7.11 Å². The second-order valence-corrected chi connectivity index (χ2v) is 3.12. The van der Waals surface area contributed by atoms with Crippen molar-refractivity contribution >= 4 is 11.5 Å². The number of benzene rings is 1. The van der Waals surface area contributed by atoms with Crippen LogP contribution in [0.5, 0.6) is 11.5 Å². The van der Waals surface area contributed by atoms with E-state index in [1.165, 1.54) is 19.2 Å². The number of carboxylic acid groups (broad SMARTS) is 1. The minimum atomic E-state index is -1.11. The summed E-state index contributed by atoms with van der Waals surface area (Å²) in [5.74, 6) is -0.770. The van der Waals surface area contributed by atoms with E-state index in [9.17, 15) is 9.90 Å². The van der Waals surface area contributed by atoms with Crippen LogP contribution in [-0.4, -0.2) is 23.3 Å². The summed E-state index contributed by atoms with van der Waals surface area (Å²) in [6.45, 7) is 5.15. The van der Waals surface area contributed by atoms with Crippen LogP contribution in [0.2, 0.25) is 0 Å². The first-order valence-electron chi connectivity index (χ1n) is 4.27. The zero-order chi connectivity index (χ0) is 11.6. The zero-order valence-corrected chi connectivity index (χ0v) is 8.57. The summed E-state index contributed by atoms with van der Waals surface area (Å²) in [4.78, 5) is 10.8. The Kier molecular flexibility index (Phi) is 2.99. The number of aliphatic carboxylic acids is 1. The van der Waals surface area contributed by atoms with Crippen LogP contribution < -0.4 is 4.74 Å². The number of ether oxygens (including phenoxy) is 1. The molecule has 0 aliphatic rings. The number of methoxy groups -OCH3 is 1. The first kappa shape index (κ1) is 11.1. The number of carboxylic acids is 1. The first-order valence-corrected chi connectivity index (χ1v) is 4.27. The maximum absolute atomic E-state index is 10.8. The van der Waals surface area contributed by atoms with Crippen LogP contribution >= 0.6 is 0 Å². The molecule has 0 fully saturated rings. The van der Waals surface area contributed by atoms with Gasteiger partial charge in [0.05, 0.1) is 12.7 Å². The molecular weight excluding hydrogens is 196 g/mol. The van der Waals surface area contributed by atoms with Gasteiger partial charge in [-0.15, -0.1) is 0 Å². The Hall–Kier alpha value is -1.97. The van der Waals surface area contributed by atoms with Gasteiger partial charge in [-0.1, -0.05) is 6.58 Å². The number of aromatic hydroxyl groups is 1.